The molecule has 0 saturated heterocycles. The minimum atomic E-state index is -0.359. The Bertz CT molecular complexity index is 1380. The summed E-state index contributed by atoms with van der Waals surface area (Å²) in [7, 11) is 4.02. The minimum Gasteiger partial charge on any atom is -0.375 e. The lowest BCUT2D eigenvalue weighted by atomic mass is 9.98. The van der Waals surface area contributed by atoms with Gasteiger partial charge in [0.25, 0.3) is 5.56 Å². The molecule has 5 rings (SSSR count). The Morgan fingerprint density at radius 3 is 2.45 bits per heavy atom. The molecule has 0 fully saturated rings. The summed E-state index contributed by atoms with van der Waals surface area (Å²) in [6.45, 7) is 0. The third kappa shape index (κ3) is 3.80. The van der Waals surface area contributed by atoms with Crippen molar-refractivity contribution < 1.29 is 4.79 Å². The average molecular weight is 456 g/mol. The lowest BCUT2D eigenvalue weighted by molar-refractivity contribution is -0.108. The number of amides is 1. The van der Waals surface area contributed by atoms with Crippen LogP contribution in [0, 0.1) is 0 Å². The molecule has 166 valence electrons. The number of aromatic nitrogens is 1. The molecule has 5 nitrogen and oxygen atoms in total. The number of benzene rings is 3. The Morgan fingerprint density at radius 1 is 0.970 bits per heavy atom. The van der Waals surface area contributed by atoms with E-state index >= 15 is 0 Å². The third-order valence-electron chi connectivity index (χ3n) is 6.12. The Labute approximate surface area is 197 Å². The van der Waals surface area contributed by atoms with Gasteiger partial charge in [-0.25, -0.2) is 0 Å². The maximum atomic E-state index is 13.4. The number of nitrogens with zero attached hydrogens (tertiary/aromatic N) is 3. The highest BCUT2D eigenvalue weighted by Crippen LogP contribution is 2.42. The number of para-hydroxylation sites is 1. The molecular formula is C27H25N3O2S. The average Bonchev–Trinajstić information content (AvgIpc) is 3.25. The number of hydrogen-bond acceptors (Lipinski definition) is 4. The lowest BCUT2D eigenvalue weighted by Gasteiger charge is -2.28. The number of anilines is 2. The van der Waals surface area contributed by atoms with Gasteiger partial charge in [-0.05, 0) is 34.0 Å². The molecule has 1 aliphatic rings. The summed E-state index contributed by atoms with van der Waals surface area (Å²) in [5, 5.41) is 3.31. The van der Waals surface area contributed by atoms with Gasteiger partial charge in [-0.1, -0.05) is 60.7 Å². The molecule has 0 aliphatic carbocycles. The summed E-state index contributed by atoms with van der Waals surface area (Å²) in [5.74, 6) is 0.626. The normalized spacial score (nSPS) is 14.8. The van der Waals surface area contributed by atoms with E-state index in [-0.39, 0.29) is 11.7 Å². The minimum absolute atomic E-state index is 0.0800. The Balaban J connectivity index is 1.61. The maximum Gasteiger partial charge on any atom is 0.253 e. The summed E-state index contributed by atoms with van der Waals surface area (Å²) in [5.41, 5.74) is 3.93. The van der Waals surface area contributed by atoms with Crippen molar-refractivity contribution in [2.24, 2.45) is 0 Å². The van der Waals surface area contributed by atoms with Crippen molar-refractivity contribution in [3.05, 3.63) is 100 Å². The fourth-order valence-electron chi connectivity index (χ4n) is 4.66. The van der Waals surface area contributed by atoms with Gasteiger partial charge in [0.1, 0.15) is 11.2 Å². The highest BCUT2D eigenvalue weighted by atomic mass is 32.2. The predicted octanol–water partition coefficient (Wildman–Crippen LogP) is 4.93. The van der Waals surface area contributed by atoms with Crippen LogP contribution in [0.25, 0.3) is 10.8 Å². The van der Waals surface area contributed by atoms with Crippen molar-refractivity contribution in [2.75, 3.05) is 29.6 Å². The van der Waals surface area contributed by atoms with Crippen LogP contribution in [0.5, 0.6) is 0 Å². The summed E-state index contributed by atoms with van der Waals surface area (Å²) in [6, 6.07) is 25.9. The van der Waals surface area contributed by atoms with E-state index in [2.05, 4.69) is 35.2 Å². The zero-order chi connectivity index (χ0) is 22.9. The van der Waals surface area contributed by atoms with Crippen LogP contribution in [0.2, 0.25) is 0 Å². The van der Waals surface area contributed by atoms with Gasteiger partial charge in [0.2, 0.25) is 6.41 Å². The fraction of sp³-hybridized carbons (Fsp3) is 0.185. The topological polar surface area (TPSA) is 45.6 Å². The number of hydrogen-bond donors (Lipinski definition) is 0. The molecule has 6 heteroatoms. The van der Waals surface area contributed by atoms with E-state index in [9.17, 15) is 9.59 Å². The van der Waals surface area contributed by atoms with Crippen LogP contribution in [0.3, 0.4) is 0 Å². The van der Waals surface area contributed by atoms with Crippen LogP contribution in [0.1, 0.15) is 17.3 Å². The summed E-state index contributed by atoms with van der Waals surface area (Å²) in [4.78, 5) is 29.2. The van der Waals surface area contributed by atoms with E-state index in [4.69, 9.17) is 0 Å². The molecule has 1 amide bonds. The number of carbonyl (C=O) groups excluding carboxylic acids is 1. The first-order valence-electron chi connectivity index (χ1n) is 10.9. The number of carbonyl (C=O) groups is 1. The first-order chi connectivity index (χ1) is 16.1. The van der Waals surface area contributed by atoms with E-state index in [1.807, 2.05) is 56.6 Å². The van der Waals surface area contributed by atoms with Gasteiger partial charge >= 0.3 is 0 Å². The van der Waals surface area contributed by atoms with Gasteiger partial charge in [0, 0.05) is 38.0 Å². The summed E-state index contributed by atoms with van der Waals surface area (Å²) < 4.78 is 1.77. The van der Waals surface area contributed by atoms with E-state index in [0.717, 1.165) is 28.4 Å². The van der Waals surface area contributed by atoms with Gasteiger partial charge in [-0.15, -0.1) is 11.8 Å². The van der Waals surface area contributed by atoms with E-state index < -0.39 is 0 Å². The van der Waals surface area contributed by atoms with Crippen LogP contribution >= 0.6 is 11.8 Å². The monoisotopic (exact) mass is 455 g/mol. The van der Waals surface area contributed by atoms with E-state index in [1.165, 1.54) is 16.3 Å². The second kappa shape index (κ2) is 8.79. The first kappa shape index (κ1) is 21.3. The lowest BCUT2D eigenvalue weighted by Crippen LogP contribution is -2.37. The molecule has 0 radical (unpaired) electrons. The second-order valence-electron chi connectivity index (χ2n) is 8.38. The third-order valence-corrected chi connectivity index (χ3v) is 7.25. The Hall–Kier alpha value is -3.51. The fourth-order valence-corrected chi connectivity index (χ4v) is 6.08. The molecule has 1 aliphatic heterocycles. The molecule has 0 spiro atoms. The van der Waals surface area contributed by atoms with Crippen molar-refractivity contribution in [3.8, 4) is 0 Å². The van der Waals surface area contributed by atoms with Gasteiger partial charge in [-0.2, -0.15) is 0 Å². The molecule has 33 heavy (non-hydrogen) atoms. The van der Waals surface area contributed by atoms with Crippen molar-refractivity contribution in [1.29, 1.82) is 0 Å². The van der Waals surface area contributed by atoms with Crippen molar-refractivity contribution in [1.82, 2.24) is 4.57 Å². The van der Waals surface area contributed by atoms with Gasteiger partial charge in [-0.3, -0.25) is 19.1 Å². The molecule has 0 N–H and O–H groups in total. The van der Waals surface area contributed by atoms with Crippen LogP contribution in [-0.2, 0) is 11.2 Å². The summed E-state index contributed by atoms with van der Waals surface area (Å²) >= 11 is 1.63. The van der Waals surface area contributed by atoms with Crippen molar-refractivity contribution in [2.45, 2.75) is 17.6 Å². The molecule has 2 heterocycles. The SMILES string of the molecule is CN(C)c1c(Cc2cccc3ccccc23)cc(=O)n2c1SC[C@@H]2N(C=O)c1ccccc1. The second-order valence-corrected chi connectivity index (χ2v) is 9.39. The van der Waals surface area contributed by atoms with Crippen molar-refractivity contribution in [3.63, 3.8) is 0 Å². The largest absolute Gasteiger partial charge is 0.375 e. The highest BCUT2D eigenvalue weighted by Gasteiger charge is 2.33. The van der Waals surface area contributed by atoms with Crippen LogP contribution in [0.4, 0.5) is 11.4 Å². The van der Waals surface area contributed by atoms with E-state index in [0.29, 0.717) is 12.2 Å². The van der Waals surface area contributed by atoms with Gasteiger partial charge in [0.15, 0.2) is 0 Å². The molecule has 0 unspecified atom stereocenters. The molecule has 0 bridgehead atoms. The van der Waals surface area contributed by atoms with Gasteiger partial charge < -0.3 is 4.90 Å². The predicted molar refractivity (Wildman–Crippen MR) is 137 cm³/mol. The number of pyridine rings is 1. The summed E-state index contributed by atoms with van der Waals surface area (Å²) in [6.07, 6.45) is 1.13. The highest BCUT2D eigenvalue weighted by molar-refractivity contribution is 7.99. The Morgan fingerprint density at radius 2 is 1.70 bits per heavy atom. The molecule has 4 aromatic rings. The quantitative estimate of drug-likeness (QED) is 0.387. The van der Waals surface area contributed by atoms with Crippen molar-refractivity contribution >= 4 is 40.3 Å². The van der Waals surface area contributed by atoms with E-state index in [1.54, 1.807) is 27.3 Å². The molecule has 1 aromatic heterocycles. The number of fused-ring (bicyclic) bond motifs is 2. The smallest absolute Gasteiger partial charge is 0.253 e. The zero-order valence-electron chi connectivity index (χ0n) is 18.6. The van der Waals surface area contributed by atoms with Crippen LogP contribution in [-0.4, -0.2) is 30.8 Å². The molecular weight excluding hydrogens is 430 g/mol. The van der Waals surface area contributed by atoms with Crippen LogP contribution in [0.15, 0.2) is 88.7 Å². The van der Waals surface area contributed by atoms with Crippen LogP contribution < -0.4 is 15.4 Å². The maximum absolute atomic E-state index is 13.4. The Kier molecular flexibility index (Phi) is 5.68. The molecule has 0 saturated carbocycles. The molecule has 1 atom stereocenters. The first-order valence-corrected chi connectivity index (χ1v) is 11.9. The number of thioether (sulfide) groups is 1. The standard InChI is InChI=1S/C27H25N3O2S/c1-28(2)26-21(15-20-11-8-10-19-9-6-7-14-23(19)20)16-25(32)30-24(17-33-27(26)30)29(18-31)22-12-4-3-5-13-22/h3-14,16,18,24H,15,17H2,1-2H3/t24-/m1/s1. The molecule has 3 aromatic carbocycles. The van der Waals surface area contributed by atoms with Gasteiger partial charge in [0.05, 0.1) is 5.69 Å². The zero-order valence-corrected chi connectivity index (χ0v) is 19.5. The number of rotatable bonds is 6.